The van der Waals surface area contributed by atoms with Gasteiger partial charge in [-0.15, -0.1) is 0 Å². The molecule has 1 aliphatic carbocycles. The van der Waals surface area contributed by atoms with E-state index in [1.165, 1.54) is 12.0 Å². The number of ketones is 1. The van der Waals surface area contributed by atoms with Gasteiger partial charge in [0.05, 0.1) is 30.5 Å². The van der Waals surface area contributed by atoms with E-state index in [1.807, 2.05) is 52.0 Å². The topological polar surface area (TPSA) is 193 Å². The van der Waals surface area contributed by atoms with Crippen molar-refractivity contribution in [2.24, 2.45) is 41.4 Å². The zero-order valence-corrected chi connectivity index (χ0v) is 40.4. The predicted molar refractivity (Wildman–Crippen MR) is 246 cm³/mol. The van der Waals surface area contributed by atoms with Gasteiger partial charge in [-0.1, -0.05) is 83.6 Å². The van der Waals surface area contributed by atoms with Crippen molar-refractivity contribution < 1.29 is 58.9 Å². The van der Waals surface area contributed by atoms with Crippen LogP contribution in [0.3, 0.4) is 0 Å². The maximum Gasteiger partial charge on any atom is 0.329 e. The molecule has 17 atom stereocenters. The molecule has 13 heteroatoms. The molecule has 364 valence electrons. The minimum Gasteiger partial charge on any atom is -0.460 e. The van der Waals surface area contributed by atoms with Crippen LogP contribution in [0.5, 0.6) is 0 Å². The summed E-state index contributed by atoms with van der Waals surface area (Å²) in [7, 11) is 3.05. The van der Waals surface area contributed by atoms with Gasteiger partial charge in [-0.3, -0.25) is 9.59 Å². The molecule has 3 heterocycles. The first-order chi connectivity index (χ1) is 30.2. The Kier molecular flexibility index (Phi) is 20.9. The molecular formula is C51H83NO12. The Morgan fingerprint density at radius 3 is 2.23 bits per heavy atom. The number of allylic oxidation sites excluding steroid dienone is 6. The van der Waals surface area contributed by atoms with Crippen molar-refractivity contribution in [1.82, 2.24) is 4.90 Å². The lowest BCUT2D eigenvalue weighted by Gasteiger charge is -2.42. The van der Waals surface area contributed by atoms with Gasteiger partial charge in [0.15, 0.2) is 0 Å². The predicted octanol–water partition coefficient (Wildman–Crippen LogP) is 6.39. The lowest BCUT2D eigenvalue weighted by molar-refractivity contribution is -0.264. The zero-order valence-electron chi connectivity index (χ0n) is 40.4. The van der Waals surface area contributed by atoms with E-state index in [0.29, 0.717) is 63.4 Å². The summed E-state index contributed by atoms with van der Waals surface area (Å²) in [5.41, 5.74) is 1.60. The van der Waals surface area contributed by atoms with Gasteiger partial charge in [-0.2, -0.15) is 0 Å². The van der Waals surface area contributed by atoms with Crippen molar-refractivity contribution in [2.45, 2.75) is 193 Å². The van der Waals surface area contributed by atoms with Crippen molar-refractivity contribution in [3.63, 3.8) is 0 Å². The molecule has 1 saturated carbocycles. The van der Waals surface area contributed by atoms with Crippen molar-refractivity contribution in [3.05, 3.63) is 47.6 Å². The largest absolute Gasteiger partial charge is 0.460 e. The van der Waals surface area contributed by atoms with Crippen LogP contribution in [-0.4, -0.2) is 130 Å². The van der Waals surface area contributed by atoms with E-state index in [9.17, 15) is 39.9 Å². The quantitative estimate of drug-likeness (QED) is 0.116. The van der Waals surface area contributed by atoms with Crippen LogP contribution in [0.4, 0.5) is 0 Å². The second kappa shape index (κ2) is 24.9. The maximum absolute atomic E-state index is 14.4. The molecule has 64 heavy (non-hydrogen) atoms. The Hall–Kier alpha value is -2.75. The smallest absolute Gasteiger partial charge is 0.329 e. The molecule has 0 aromatic rings. The van der Waals surface area contributed by atoms with Gasteiger partial charge in [0, 0.05) is 39.0 Å². The zero-order chi connectivity index (χ0) is 47.5. The molecule has 1 amide bonds. The summed E-state index contributed by atoms with van der Waals surface area (Å²) in [5, 5.41) is 57.1. The summed E-state index contributed by atoms with van der Waals surface area (Å²) >= 11 is 0. The van der Waals surface area contributed by atoms with Crippen LogP contribution in [-0.2, 0) is 33.3 Å². The monoisotopic (exact) mass is 902 g/mol. The van der Waals surface area contributed by atoms with E-state index in [2.05, 4.69) is 19.9 Å². The van der Waals surface area contributed by atoms with Gasteiger partial charge in [0.1, 0.15) is 24.4 Å². The number of rotatable bonds is 5. The number of aliphatic hydroxyl groups excluding tert-OH is 4. The van der Waals surface area contributed by atoms with Gasteiger partial charge in [-0.25, -0.2) is 4.79 Å². The molecular weight excluding hydrogens is 819 g/mol. The molecule has 13 nitrogen and oxygen atoms in total. The second-order valence-electron chi connectivity index (χ2n) is 20.2. The number of hydrogen-bond acceptors (Lipinski definition) is 12. The fourth-order valence-corrected chi connectivity index (χ4v) is 10.4. The molecule has 4 rings (SSSR count). The van der Waals surface area contributed by atoms with Crippen LogP contribution in [0.25, 0.3) is 0 Å². The number of aliphatic hydroxyl groups is 5. The summed E-state index contributed by atoms with van der Waals surface area (Å²) in [5.74, 6) is -6.40. The van der Waals surface area contributed by atoms with Crippen molar-refractivity contribution in [3.8, 4) is 0 Å². The van der Waals surface area contributed by atoms with Crippen LogP contribution in [0.2, 0.25) is 0 Å². The number of piperidine rings is 1. The Morgan fingerprint density at radius 1 is 0.828 bits per heavy atom. The van der Waals surface area contributed by atoms with E-state index in [1.54, 1.807) is 27.0 Å². The number of amides is 1. The molecule has 3 aliphatic heterocycles. The average molecular weight is 902 g/mol. The number of fused-ring (bicyclic) bond motifs is 3. The highest BCUT2D eigenvalue weighted by Crippen LogP contribution is 2.38. The number of cyclic esters (lactones) is 1. The highest BCUT2D eigenvalue weighted by Gasteiger charge is 2.53. The van der Waals surface area contributed by atoms with E-state index in [4.69, 9.17) is 18.9 Å². The lowest BCUT2D eigenvalue weighted by Crippen LogP contribution is -2.60. The maximum atomic E-state index is 14.4. The second-order valence-corrected chi connectivity index (χ2v) is 20.2. The molecule has 17 unspecified atom stereocenters. The minimum absolute atomic E-state index is 0.0458. The van der Waals surface area contributed by atoms with Gasteiger partial charge >= 0.3 is 5.97 Å². The molecule has 2 saturated heterocycles. The Labute approximate surface area is 383 Å². The molecule has 0 aromatic heterocycles. The fraction of sp³-hybridized carbons (Fsp3) is 0.784. The normalized spacial score (nSPS) is 43.1. The Morgan fingerprint density at radius 2 is 1.55 bits per heavy atom. The van der Waals surface area contributed by atoms with Gasteiger partial charge in [0.2, 0.25) is 5.79 Å². The third kappa shape index (κ3) is 14.1. The first-order valence-electron chi connectivity index (χ1n) is 24.2. The molecule has 5 N–H and O–H groups in total. The van der Waals surface area contributed by atoms with Gasteiger partial charge in [-0.05, 0) is 120 Å². The van der Waals surface area contributed by atoms with Crippen molar-refractivity contribution in [1.29, 1.82) is 0 Å². The van der Waals surface area contributed by atoms with Crippen molar-refractivity contribution in [2.75, 3.05) is 20.8 Å². The highest BCUT2D eigenvalue weighted by atomic mass is 16.6. The standard InChI is InChI=1S/C51H83NO12/c1-30-16-12-11-13-17-31(2)32(3)27-39-21-19-37(8)51(60,64-39)48(57)49(58)52-23-15-14-18-40(52)50(59)63-43(34(5)26-38-20-22-41(53)44(28-38)61-9)29-42(54)33(4)25-36(7)46(56)47(62-10)45(55)35(6)24-30/h11-13,16-17,25,30,32-35,37-47,53-56,60H,14-15,18-24,26-29H2,1-10H3/b13-11+,16-12+,31-17+,36-25+. The molecule has 0 radical (unpaired) electrons. The summed E-state index contributed by atoms with van der Waals surface area (Å²) < 4.78 is 23.8. The number of carbonyl (C=O) groups excluding carboxylic acids is 3. The number of hydrogen-bond donors (Lipinski definition) is 5. The van der Waals surface area contributed by atoms with Gasteiger partial charge < -0.3 is 49.4 Å². The molecule has 0 aromatic carbocycles. The summed E-state index contributed by atoms with van der Waals surface area (Å²) in [4.78, 5) is 44.0. The van der Waals surface area contributed by atoms with Crippen LogP contribution < -0.4 is 0 Å². The van der Waals surface area contributed by atoms with E-state index < -0.39 is 84.1 Å². The number of ether oxygens (including phenoxy) is 4. The van der Waals surface area contributed by atoms with Crippen LogP contribution >= 0.6 is 0 Å². The van der Waals surface area contributed by atoms with E-state index >= 15 is 0 Å². The van der Waals surface area contributed by atoms with Crippen molar-refractivity contribution >= 4 is 17.7 Å². The lowest BCUT2D eigenvalue weighted by atomic mass is 9.78. The van der Waals surface area contributed by atoms with E-state index in [0.717, 1.165) is 12.0 Å². The third-order valence-corrected chi connectivity index (χ3v) is 15.0. The van der Waals surface area contributed by atoms with Crippen LogP contribution in [0.15, 0.2) is 47.6 Å². The number of Topliss-reactive ketones (excluding diaryl/α,β-unsaturated/α-hetero) is 1. The van der Waals surface area contributed by atoms with Crippen LogP contribution in [0.1, 0.15) is 132 Å². The van der Waals surface area contributed by atoms with Crippen LogP contribution in [0, 0.1) is 41.4 Å². The molecule has 4 aliphatic rings. The molecule has 2 bridgehead atoms. The Balaban J connectivity index is 1.68. The Bertz CT molecular complexity index is 1640. The number of esters is 1. The highest BCUT2D eigenvalue weighted by molar-refractivity contribution is 6.39. The fourth-order valence-electron chi connectivity index (χ4n) is 10.4. The third-order valence-electron chi connectivity index (χ3n) is 15.0. The number of carbonyl (C=O) groups is 3. The summed E-state index contributed by atoms with van der Waals surface area (Å²) in [6.45, 7) is 15.5. The first-order valence-corrected chi connectivity index (χ1v) is 24.2. The SMILES string of the molecule is COC1CC(CC(C)C2CC(O)C(C)/C=C(\C)C(O)C(OC)C(O)C(C)CC(C)/C=C/C=C/C=C(\C)C(C)CC3CCC(C)C(O)(O3)C(=O)C(=O)N3CCCCC3C(=O)O2)CCC1O. The number of methoxy groups -OCH3 is 2. The molecule has 0 spiro atoms. The summed E-state index contributed by atoms with van der Waals surface area (Å²) in [6, 6.07) is -1.08. The first kappa shape index (κ1) is 53.9. The summed E-state index contributed by atoms with van der Waals surface area (Å²) in [6.07, 6.45) is 11.9. The van der Waals surface area contributed by atoms with E-state index in [-0.39, 0.29) is 55.1 Å². The molecule has 3 fully saturated rings. The number of nitrogens with zero attached hydrogens (tertiary/aromatic N) is 1. The minimum atomic E-state index is -2.35. The van der Waals surface area contributed by atoms with Gasteiger partial charge in [0.25, 0.3) is 11.7 Å². The average Bonchev–Trinajstić information content (AvgIpc) is 3.26.